The van der Waals surface area contributed by atoms with E-state index in [1.165, 1.54) is 12.8 Å². The zero-order chi connectivity index (χ0) is 8.10. The van der Waals surface area contributed by atoms with Crippen LogP contribution in [0.5, 0.6) is 0 Å². The summed E-state index contributed by atoms with van der Waals surface area (Å²) in [6.45, 7) is 7.06. The molecule has 1 rings (SSSR count). The van der Waals surface area contributed by atoms with Crippen molar-refractivity contribution in [2.24, 2.45) is 5.92 Å². The van der Waals surface area contributed by atoms with Crippen molar-refractivity contribution in [1.29, 1.82) is 0 Å². The van der Waals surface area contributed by atoms with Gasteiger partial charge in [-0.1, -0.05) is 6.92 Å². The molecule has 0 amide bonds. The van der Waals surface area contributed by atoms with Crippen molar-refractivity contribution in [2.75, 3.05) is 19.8 Å². The highest BCUT2D eigenvalue weighted by Gasteiger charge is 2.23. The summed E-state index contributed by atoms with van der Waals surface area (Å²) in [6, 6.07) is 0.783. The first kappa shape index (κ1) is 9.01. The normalized spacial score (nSPS) is 30.0. The molecule has 0 unspecified atom stereocenters. The second-order valence-corrected chi connectivity index (χ2v) is 3.42. The van der Waals surface area contributed by atoms with E-state index in [1.54, 1.807) is 0 Å². The third kappa shape index (κ3) is 3.21. The largest absolute Gasteiger partial charge is 0.380 e. The Hall–Kier alpha value is -0.0800. The Bertz CT molecular complexity index is 99.7. The molecule has 11 heavy (non-hydrogen) atoms. The quantitative estimate of drug-likeness (QED) is 0.609. The van der Waals surface area contributed by atoms with Crippen LogP contribution in [-0.2, 0) is 4.74 Å². The van der Waals surface area contributed by atoms with Crippen LogP contribution in [0.15, 0.2) is 0 Å². The zero-order valence-electron chi connectivity index (χ0n) is 7.60. The fourth-order valence-electron chi connectivity index (χ4n) is 1.55. The summed E-state index contributed by atoms with van der Waals surface area (Å²) in [7, 11) is 0. The van der Waals surface area contributed by atoms with Crippen molar-refractivity contribution in [2.45, 2.75) is 32.7 Å². The molecule has 1 fully saturated rings. The lowest BCUT2D eigenvalue weighted by Crippen LogP contribution is -2.41. The summed E-state index contributed by atoms with van der Waals surface area (Å²) in [6.07, 6.45) is 2.71. The van der Waals surface area contributed by atoms with Crippen molar-refractivity contribution < 1.29 is 4.74 Å². The topological polar surface area (TPSA) is 21.3 Å². The molecule has 0 aliphatic heterocycles. The lowest BCUT2D eigenvalue weighted by Gasteiger charge is -2.33. The molecule has 0 aromatic rings. The van der Waals surface area contributed by atoms with Gasteiger partial charge in [0.25, 0.3) is 0 Å². The Morgan fingerprint density at radius 2 is 2.18 bits per heavy atom. The number of hydrogen-bond donors (Lipinski definition) is 1. The van der Waals surface area contributed by atoms with Gasteiger partial charge < -0.3 is 10.1 Å². The maximum atomic E-state index is 5.22. The molecular weight excluding hydrogens is 138 g/mol. The summed E-state index contributed by atoms with van der Waals surface area (Å²) in [5, 5.41) is 3.46. The summed E-state index contributed by atoms with van der Waals surface area (Å²) in [5.41, 5.74) is 0. The van der Waals surface area contributed by atoms with Gasteiger partial charge in [0.2, 0.25) is 0 Å². The van der Waals surface area contributed by atoms with Gasteiger partial charge in [-0.2, -0.15) is 0 Å². The molecule has 1 N–H and O–H groups in total. The van der Waals surface area contributed by atoms with E-state index in [2.05, 4.69) is 12.2 Å². The van der Waals surface area contributed by atoms with E-state index in [-0.39, 0.29) is 0 Å². The summed E-state index contributed by atoms with van der Waals surface area (Å²) in [5.74, 6) is 0.944. The molecule has 0 aromatic carbocycles. The standard InChI is InChI=1S/C9H19NO/c1-3-11-5-4-10-9-6-8(2)7-9/h8-10H,3-7H2,1-2H3. The van der Waals surface area contributed by atoms with Gasteiger partial charge in [-0.3, -0.25) is 0 Å². The minimum absolute atomic E-state index is 0.783. The third-order valence-electron chi connectivity index (χ3n) is 2.26. The maximum Gasteiger partial charge on any atom is 0.0590 e. The lowest BCUT2D eigenvalue weighted by molar-refractivity contribution is 0.137. The van der Waals surface area contributed by atoms with Crippen LogP contribution in [0.3, 0.4) is 0 Å². The summed E-state index contributed by atoms with van der Waals surface area (Å²) < 4.78 is 5.22. The van der Waals surface area contributed by atoms with E-state index in [9.17, 15) is 0 Å². The number of hydrogen-bond acceptors (Lipinski definition) is 2. The van der Waals surface area contributed by atoms with Crippen LogP contribution in [-0.4, -0.2) is 25.8 Å². The fraction of sp³-hybridized carbons (Fsp3) is 1.00. The molecule has 0 aromatic heterocycles. The Morgan fingerprint density at radius 3 is 2.73 bits per heavy atom. The van der Waals surface area contributed by atoms with E-state index in [4.69, 9.17) is 4.74 Å². The average molecular weight is 157 g/mol. The van der Waals surface area contributed by atoms with Gasteiger partial charge in [-0.05, 0) is 25.7 Å². The van der Waals surface area contributed by atoms with E-state index >= 15 is 0 Å². The molecule has 1 aliphatic carbocycles. The van der Waals surface area contributed by atoms with Crippen molar-refractivity contribution in [3.8, 4) is 0 Å². The minimum Gasteiger partial charge on any atom is -0.380 e. The van der Waals surface area contributed by atoms with Crippen molar-refractivity contribution in [1.82, 2.24) is 5.32 Å². The van der Waals surface area contributed by atoms with Crippen LogP contribution >= 0.6 is 0 Å². The highest BCUT2D eigenvalue weighted by molar-refractivity contribution is 4.81. The first-order valence-electron chi connectivity index (χ1n) is 4.64. The Balaban J connectivity index is 1.81. The second kappa shape index (κ2) is 4.73. The van der Waals surface area contributed by atoms with E-state index < -0.39 is 0 Å². The SMILES string of the molecule is CCOCCNC1CC(C)C1. The average Bonchev–Trinajstić information content (AvgIpc) is 1.94. The second-order valence-electron chi connectivity index (χ2n) is 3.42. The molecule has 0 heterocycles. The summed E-state index contributed by atoms with van der Waals surface area (Å²) >= 11 is 0. The molecule has 66 valence electrons. The van der Waals surface area contributed by atoms with Crippen LogP contribution in [0, 0.1) is 5.92 Å². The fourth-order valence-corrected chi connectivity index (χ4v) is 1.55. The molecular formula is C9H19NO. The van der Waals surface area contributed by atoms with Crippen molar-refractivity contribution >= 4 is 0 Å². The molecule has 0 spiro atoms. The van der Waals surface area contributed by atoms with Crippen LogP contribution in [0.1, 0.15) is 26.7 Å². The molecule has 0 atom stereocenters. The van der Waals surface area contributed by atoms with Crippen LogP contribution in [0.4, 0.5) is 0 Å². The van der Waals surface area contributed by atoms with Gasteiger partial charge in [-0.25, -0.2) is 0 Å². The molecule has 0 bridgehead atoms. The van der Waals surface area contributed by atoms with Crippen molar-refractivity contribution in [3.05, 3.63) is 0 Å². The van der Waals surface area contributed by atoms with Gasteiger partial charge in [0.15, 0.2) is 0 Å². The highest BCUT2D eigenvalue weighted by Crippen LogP contribution is 2.25. The predicted molar refractivity (Wildman–Crippen MR) is 46.7 cm³/mol. The van der Waals surface area contributed by atoms with E-state index in [1.807, 2.05) is 6.92 Å². The van der Waals surface area contributed by atoms with Crippen molar-refractivity contribution in [3.63, 3.8) is 0 Å². The van der Waals surface area contributed by atoms with Crippen LogP contribution < -0.4 is 5.32 Å². The van der Waals surface area contributed by atoms with Gasteiger partial charge in [0.1, 0.15) is 0 Å². The van der Waals surface area contributed by atoms with E-state index in [0.717, 1.165) is 31.7 Å². The predicted octanol–water partition coefficient (Wildman–Crippen LogP) is 1.41. The van der Waals surface area contributed by atoms with Gasteiger partial charge >= 0.3 is 0 Å². The van der Waals surface area contributed by atoms with E-state index in [0.29, 0.717) is 0 Å². The number of rotatable bonds is 5. The lowest BCUT2D eigenvalue weighted by atomic mass is 9.82. The van der Waals surface area contributed by atoms with Crippen LogP contribution in [0.25, 0.3) is 0 Å². The Morgan fingerprint density at radius 1 is 1.45 bits per heavy atom. The first-order valence-corrected chi connectivity index (χ1v) is 4.64. The molecule has 0 radical (unpaired) electrons. The summed E-state index contributed by atoms with van der Waals surface area (Å²) in [4.78, 5) is 0. The first-order chi connectivity index (χ1) is 5.33. The van der Waals surface area contributed by atoms with Crippen LogP contribution in [0.2, 0.25) is 0 Å². The maximum absolute atomic E-state index is 5.22. The highest BCUT2D eigenvalue weighted by atomic mass is 16.5. The molecule has 1 saturated carbocycles. The third-order valence-corrected chi connectivity index (χ3v) is 2.26. The van der Waals surface area contributed by atoms with Gasteiger partial charge in [0.05, 0.1) is 6.61 Å². The molecule has 2 heteroatoms. The number of ether oxygens (including phenoxy) is 1. The smallest absolute Gasteiger partial charge is 0.0590 e. The van der Waals surface area contributed by atoms with Gasteiger partial charge in [0, 0.05) is 19.2 Å². The Labute approximate surface area is 69.3 Å². The molecule has 1 aliphatic rings. The minimum atomic E-state index is 0.783. The Kier molecular flexibility index (Phi) is 3.87. The molecule has 0 saturated heterocycles. The monoisotopic (exact) mass is 157 g/mol. The van der Waals surface area contributed by atoms with Gasteiger partial charge in [-0.15, -0.1) is 0 Å². The number of nitrogens with one attached hydrogen (secondary N) is 1. The zero-order valence-corrected chi connectivity index (χ0v) is 7.60. The molecule has 2 nitrogen and oxygen atoms in total.